The number of rotatable bonds is 3. The second-order valence-electron chi connectivity index (χ2n) is 4.77. The quantitative estimate of drug-likeness (QED) is 0.815. The van der Waals surface area contributed by atoms with E-state index in [0.29, 0.717) is 24.2 Å². The third-order valence-electron chi connectivity index (χ3n) is 3.37. The first kappa shape index (κ1) is 13.7. The van der Waals surface area contributed by atoms with E-state index in [1.807, 2.05) is 0 Å². The molecular weight excluding hydrogens is 280 g/mol. The molecule has 7 heteroatoms. The Bertz CT molecular complexity index is 679. The third-order valence-corrected chi connectivity index (χ3v) is 3.37. The van der Waals surface area contributed by atoms with Gasteiger partial charge in [0.25, 0.3) is 5.82 Å². The summed E-state index contributed by atoms with van der Waals surface area (Å²) in [5.74, 6) is -1.27. The highest BCUT2D eigenvalue weighted by molar-refractivity contribution is 5.85. The zero-order valence-electron chi connectivity index (χ0n) is 11.3. The monoisotopic (exact) mass is 293 g/mol. The first-order valence-corrected chi connectivity index (χ1v) is 6.67. The molecule has 110 valence electrons. The largest absolute Gasteiger partial charge is 0.460 e. The number of benzene rings is 1. The van der Waals surface area contributed by atoms with Crippen LogP contribution in [0.3, 0.4) is 0 Å². The molecule has 2 aromatic rings. The minimum absolute atomic E-state index is 0.0200. The molecule has 3 rings (SSSR count). The lowest BCUT2D eigenvalue weighted by molar-refractivity contribution is 0.0511. The van der Waals surface area contributed by atoms with Crippen molar-refractivity contribution in [3.05, 3.63) is 47.0 Å². The highest BCUT2D eigenvalue weighted by Gasteiger charge is 2.29. The van der Waals surface area contributed by atoms with Crippen molar-refractivity contribution in [2.24, 2.45) is 0 Å². The van der Waals surface area contributed by atoms with E-state index in [-0.39, 0.29) is 18.5 Å². The summed E-state index contributed by atoms with van der Waals surface area (Å²) in [5, 5.41) is 4.11. The van der Waals surface area contributed by atoms with Crippen molar-refractivity contribution in [3.63, 3.8) is 0 Å². The van der Waals surface area contributed by atoms with Crippen molar-refractivity contribution >= 4 is 5.97 Å². The molecule has 0 bridgehead atoms. The molecule has 2 heterocycles. The number of carbonyl (C=O) groups is 1. The molecule has 1 aliphatic rings. The molecule has 1 aliphatic heterocycles. The van der Waals surface area contributed by atoms with E-state index in [1.54, 1.807) is 11.6 Å². The molecule has 1 aromatic carbocycles. The standard InChI is InChI=1S/C14H13F2N3O2/c1-2-21-14(20)13-17-12-4-3-11(19(12)18-13)8-5-9(15)7-10(16)6-8/h5-7,11H,2-4H2,1H3. The Morgan fingerprint density at radius 3 is 2.76 bits per heavy atom. The summed E-state index contributed by atoms with van der Waals surface area (Å²) < 4.78 is 33.1. The van der Waals surface area contributed by atoms with Gasteiger partial charge in [0, 0.05) is 12.5 Å². The van der Waals surface area contributed by atoms with E-state index >= 15 is 0 Å². The number of aryl methyl sites for hydroxylation is 1. The second kappa shape index (κ2) is 5.23. The van der Waals surface area contributed by atoms with Crippen LogP contribution in [0.15, 0.2) is 18.2 Å². The molecule has 0 radical (unpaired) electrons. The number of nitrogens with zero attached hydrogens (tertiary/aromatic N) is 3. The molecule has 0 spiro atoms. The summed E-state index contributed by atoms with van der Waals surface area (Å²) in [5.41, 5.74) is 0.478. The maximum atomic E-state index is 13.3. The van der Waals surface area contributed by atoms with Crippen LogP contribution in [-0.2, 0) is 11.2 Å². The molecule has 1 aromatic heterocycles. The molecule has 0 aliphatic carbocycles. The van der Waals surface area contributed by atoms with Crippen molar-refractivity contribution in [1.82, 2.24) is 14.8 Å². The van der Waals surface area contributed by atoms with Gasteiger partial charge < -0.3 is 4.74 Å². The lowest BCUT2D eigenvalue weighted by Gasteiger charge is -2.12. The highest BCUT2D eigenvalue weighted by Crippen LogP contribution is 2.31. The Hall–Kier alpha value is -2.31. The van der Waals surface area contributed by atoms with Crippen LogP contribution < -0.4 is 0 Å². The molecule has 0 amide bonds. The van der Waals surface area contributed by atoms with Gasteiger partial charge in [0.1, 0.15) is 17.5 Å². The molecule has 5 nitrogen and oxygen atoms in total. The molecule has 0 N–H and O–H groups in total. The van der Waals surface area contributed by atoms with Crippen molar-refractivity contribution in [1.29, 1.82) is 0 Å². The van der Waals surface area contributed by atoms with Crippen LogP contribution in [0, 0.1) is 11.6 Å². The summed E-state index contributed by atoms with van der Waals surface area (Å²) in [6.07, 6.45) is 1.23. The first-order chi connectivity index (χ1) is 10.1. The van der Waals surface area contributed by atoms with E-state index < -0.39 is 17.6 Å². The number of esters is 1. The summed E-state index contributed by atoms with van der Waals surface area (Å²) in [4.78, 5) is 15.7. The van der Waals surface area contributed by atoms with Gasteiger partial charge >= 0.3 is 5.97 Å². The normalized spacial score (nSPS) is 16.8. The highest BCUT2D eigenvalue weighted by atomic mass is 19.1. The molecule has 0 fully saturated rings. The van der Waals surface area contributed by atoms with Crippen molar-refractivity contribution < 1.29 is 18.3 Å². The van der Waals surface area contributed by atoms with Gasteiger partial charge in [-0.15, -0.1) is 5.10 Å². The van der Waals surface area contributed by atoms with Crippen molar-refractivity contribution in [3.8, 4) is 0 Å². The fourth-order valence-corrected chi connectivity index (χ4v) is 2.52. The van der Waals surface area contributed by atoms with Gasteiger partial charge in [-0.2, -0.15) is 0 Å². The van der Waals surface area contributed by atoms with Crippen LogP contribution in [0.1, 0.15) is 41.4 Å². The van der Waals surface area contributed by atoms with Crippen LogP contribution in [0.5, 0.6) is 0 Å². The summed E-state index contributed by atoms with van der Waals surface area (Å²) in [6, 6.07) is 3.05. The Kier molecular flexibility index (Phi) is 3.40. The molecule has 0 saturated carbocycles. The fourth-order valence-electron chi connectivity index (χ4n) is 2.52. The molecular formula is C14H13F2N3O2. The zero-order chi connectivity index (χ0) is 15.0. The van der Waals surface area contributed by atoms with Gasteiger partial charge in [-0.1, -0.05) is 0 Å². The average Bonchev–Trinajstić information content (AvgIpc) is 2.96. The van der Waals surface area contributed by atoms with Gasteiger partial charge in [0.2, 0.25) is 0 Å². The smallest absolute Gasteiger partial charge is 0.378 e. The molecule has 21 heavy (non-hydrogen) atoms. The Balaban J connectivity index is 1.94. The van der Waals surface area contributed by atoms with Crippen molar-refractivity contribution in [2.75, 3.05) is 6.61 Å². The minimum atomic E-state index is -0.635. The first-order valence-electron chi connectivity index (χ1n) is 6.67. The van der Waals surface area contributed by atoms with E-state index in [9.17, 15) is 13.6 Å². The topological polar surface area (TPSA) is 57.0 Å². The van der Waals surface area contributed by atoms with Gasteiger partial charge in [0.05, 0.1) is 12.6 Å². The summed E-state index contributed by atoms with van der Waals surface area (Å²) in [6.45, 7) is 1.93. The second-order valence-corrected chi connectivity index (χ2v) is 4.77. The molecule has 0 saturated heterocycles. The Morgan fingerprint density at radius 2 is 2.10 bits per heavy atom. The van der Waals surface area contributed by atoms with Crippen LogP contribution in [-0.4, -0.2) is 27.3 Å². The van der Waals surface area contributed by atoms with E-state index in [2.05, 4.69) is 10.1 Å². The van der Waals surface area contributed by atoms with E-state index in [4.69, 9.17) is 4.74 Å². The molecule has 1 atom stereocenters. The number of fused-ring (bicyclic) bond motifs is 1. The number of carbonyl (C=O) groups excluding carboxylic acids is 1. The Labute approximate surface area is 119 Å². The van der Waals surface area contributed by atoms with Gasteiger partial charge in [0.15, 0.2) is 0 Å². The predicted octanol–water partition coefficient (Wildman–Crippen LogP) is 2.27. The maximum Gasteiger partial charge on any atom is 0.378 e. The summed E-state index contributed by atoms with van der Waals surface area (Å²) in [7, 11) is 0. The predicted molar refractivity (Wildman–Crippen MR) is 68.8 cm³/mol. The van der Waals surface area contributed by atoms with E-state index in [0.717, 1.165) is 6.07 Å². The average molecular weight is 293 g/mol. The van der Waals surface area contributed by atoms with Crippen LogP contribution in [0.4, 0.5) is 8.78 Å². The summed E-state index contributed by atoms with van der Waals surface area (Å²) >= 11 is 0. The molecule has 1 unspecified atom stereocenters. The van der Waals surface area contributed by atoms with Crippen LogP contribution in [0.2, 0.25) is 0 Å². The van der Waals surface area contributed by atoms with Gasteiger partial charge in [-0.05, 0) is 31.0 Å². The third kappa shape index (κ3) is 2.51. The lowest BCUT2D eigenvalue weighted by atomic mass is 10.0. The van der Waals surface area contributed by atoms with Crippen LogP contribution >= 0.6 is 0 Å². The number of ether oxygens (including phenoxy) is 1. The number of halogens is 2. The fraction of sp³-hybridized carbons (Fsp3) is 0.357. The number of hydrogen-bond donors (Lipinski definition) is 0. The Morgan fingerprint density at radius 1 is 1.38 bits per heavy atom. The number of aromatic nitrogens is 3. The van der Waals surface area contributed by atoms with Gasteiger partial charge in [-0.25, -0.2) is 23.2 Å². The van der Waals surface area contributed by atoms with Gasteiger partial charge in [-0.3, -0.25) is 0 Å². The van der Waals surface area contributed by atoms with Crippen LogP contribution in [0.25, 0.3) is 0 Å². The van der Waals surface area contributed by atoms with E-state index in [1.165, 1.54) is 12.1 Å². The lowest BCUT2D eigenvalue weighted by Crippen LogP contribution is -2.11. The zero-order valence-corrected chi connectivity index (χ0v) is 11.3. The SMILES string of the molecule is CCOC(=O)c1nc2n(n1)C(c1cc(F)cc(F)c1)CC2. The minimum Gasteiger partial charge on any atom is -0.460 e. The maximum absolute atomic E-state index is 13.3. The van der Waals surface area contributed by atoms with Crippen molar-refractivity contribution in [2.45, 2.75) is 25.8 Å². The number of hydrogen-bond acceptors (Lipinski definition) is 4.